The zero-order chi connectivity index (χ0) is 26.1. The van der Waals surface area contributed by atoms with Gasteiger partial charge in [-0.15, -0.1) is 0 Å². The number of amides is 1. The molecule has 3 rings (SSSR count). The molecule has 192 valence electrons. The lowest BCUT2D eigenvalue weighted by molar-refractivity contribution is -0.119. The molecule has 0 fully saturated rings. The Labute approximate surface area is 214 Å². The third-order valence-electron chi connectivity index (χ3n) is 5.65. The number of rotatable bonds is 12. The number of benzene rings is 3. The van der Waals surface area contributed by atoms with E-state index >= 15 is 0 Å². The van der Waals surface area contributed by atoms with Crippen molar-refractivity contribution < 1.29 is 22.7 Å². The first-order valence-electron chi connectivity index (χ1n) is 12.0. The van der Waals surface area contributed by atoms with Crippen molar-refractivity contribution in [1.82, 2.24) is 5.32 Å². The molecule has 0 spiro atoms. The Morgan fingerprint density at radius 3 is 2.25 bits per heavy atom. The summed E-state index contributed by atoms with van der Waals surface area (Å²) in [5, 5.41) is 2.76. The number of carbonyl (C=O) groups excluding carboxylic acids is 1. The maximum atomic E-state index is 13.6. The Morgan fingerprint density at radius 1 is 0.944 bits per heavy atom. The number of nitrogens with one attached hydrogen (secondary N) is 1. The van der Waals surface area contributed by atoms with Crippen molar-refractivity contribution in [2.45, 2.75) is 38.5 Å². The number of carbonyl (C=O) groups is 1. The van der Waals surface area contributed by atoms with Gasteiger partial charge in [0, 0.05) is 0 Å². The van der Waals surface area contributed by atoms with E-state index in [2.05, 4.69) is 12.2 Å². The standard InChI is InChI=1S/C28H34N2O5S/c1-5-6-23-10-12-24(13-11-23)35-18-17-29-28(31)20-30(26-19-22(3)9-16-27(26)34-4)36(32,33)25-14-7-21(2)8-15-25/h7-16,19H,5-6,17-18,20H2,1-4H3,(H,29,31). The molecule has 8 heteroatoms. The fourth-order valence-electron chi connectivity index (χ4n) is 3.72. The van der Waals surface area contributed by atoms with E-state index in [-0.39, 0.29) is 18.0 Å². The van der Waals surface area contributed by atoms with Crippen molar-refractivity contribution in [1.29, 1.82) is 0 Å². The Bertz CT molecular complexity index is 1260. The molecule has 3 aromatic carbocycles. The average Bonchev–Trinajstić information content (AvgIpc) is 2.86. The van der Waals surface area contributed by atoms with Crippen molar-refractivity contribution in [2.75, 3.05) is 31.1 Å². The Kier molecular flexibility index (Phi) is 9.36. The van der Waals surface area contributed by atoms with E-state index in [0.29, 0.717) is 11.4 Å². The van der Waals surface area contributed by atoms with E-state index in [1.807, 2.05) is 44.2 Å². The second-order valence-corrected chi connectivity index (χ2v) is 10.5. The summed E-state index contributed by atoms with van der Waals surface area (Å²) < 4.78 is 39.5. The van der Waals surface area contributed by atoms with Crippen molar-refractivity contribution in [3.05, 3.63) is 83.4 Å². The quantitative estimate of drug-likeness (QED) is 0.359. The summed E-state index contributed by atoms with van der Waals surface area (Å²) in [4.78, 5) is 13.0. The first-order chi connectivity index (χ1) is 17.2. The topological polar surface area (TPSA) is 84.9 Å². The van der Waals surface area contributed by atoms with Gasteiger partial charge in [-0.25, -0.2) is 8.42 Å². The highest BCUT2D eigenvalue weighted by Gasteiger charge is 2.29. The van der Waals surface area contributed by atoms with E-state index in [4.69, 9.17) is 9.47 Å². The van der Waals surface area contributed by atoms with Crippen molar-refractivity contribution in [2.24, 2.45) is 0 Å². The first-order valence-corrected chi connectivity index (χ1v) is 13.4. The SMILES string of the molecule is CCCc1ccc(OCCNC(=O)CN(c2cc(C)ccc2OC)S(=O)(=O)c2ccc(C)cc2)cc1. The Hall–Kier alpha value is -3.52. The van der Waals surface area contributed by atoms with E-state index in [0.717, 1.165) is 34.0 Å². The molecule has 1 amide bonds. The second-order valence-electron chi connectivity index (χ2n) is 8.59. The van der Waals surface area contributed by atoms with E-state index in [1.54, 1.807) is 24.3 Å². The molecule has 1 N–H and O–H groups in total. The first kappa shape index (κ1) is 27.1. The number of methoxy groups -OCH3 is 1. The minimum Gasteiger partial charge on any atom is -0.495 e. The van der Waals surface area contributed by atoms with Crippen molar-refractivity contribution in [3.8, 4) is 11.5 Å². The molecular formula is C28H34N2O5S. The number of aryl methyl sites for hydroxylation is 3. The number of hydrogen-bond acceptors (Lipinski definition) is 5. The normalized spacial score (nSPS) is 11.1. The van der Waals surface area contributed by atoms with E-state index in [9.17, 15) is 13.2 Å². The molecule has 3 aromatic rings. The van der Waals surface area contributed by atoms with Crippen LogP contribution >= 0.6 is 0 Å². The summed E-state index contributed by atoms with van der Waals surface area (Å²) in [6.45, 7) is 5.96. The third-order valence-corrected chi connectivity index (χ3v) is 7.43. The number of nitrogens with zero attached hydrogens (tertiary/aromatic N) is 1. The highest BCUT2D eigenvalue weighted by molar-refractivity contribution is 7.92. The van der Waals surface area contributed by atoms with Crippen LogP contribution in [-0.2, 0) is 21.2 Å². The molecule has 0 bridgehead atoms. The maximum absolute atomic E-state index is 13.6. The monoisotopic (exact) mass is 510 g/mol. The molecule has 0 aliphatic carbocycles. The molecule has 36 heavy (non-hydrogen) atoms. The van der Waals surface area contributed by atoms with Gasteiger partial charge in [-0.1, -0.05) is 49.2 Å². The van der Waals surface area contributed by atoms with Gasteiger partial charge < -0.3 is 14.8 Å². The number of hydrogen-bond donors (Lipinski definition) is 1. The van der Waals surface area contributed by atoms with Crippen LogP contribution in [0.15, 0.2) is 71.6 Å². The minimum atomic E-state index is -4.04. The van der Waals surface area contributed by atoms with Crippen LogP contribution < -0.4 is 19.1 Å². The van der Waals surface area contributed by atoms with Crippen LogP contribution in [0.25, 0.3) is 0 Å². The van der Waals surface area contributed by atoms with Gasteiger partial charge in [-0.05, 0) is 67.8 Å². The Balaban J connectivity index is 1.73. The zero-order valence-corrected chi connectivity index (χ0v) is 22.1. The van der Waals surface area contributed by atoms with Crippen LogP contribution in [-0.4, -0.2) is 41.1 Å². The number of ether oxygens (including phenoxy) is 2. The highest BCUT2D eigenvalue weighted by Crippen LogP contribution is 2.33. The molecule has 0 saturated carbocycles. The highest BCUT2D eigenvalue weighted by atomic mass is 32.2. The fraction of sp³-hybridized carbons (Fsp3) is 0.321. The van der Waals surface area contributed by atoms with Gasteiger partial charge in [0.15, 0.2) is 0 Å². The zero-order valence-electron chi connectivity index (χ0n) is 21.3. The lowest BCUT2D eigenvalue weighted by Crippen LogP contribution is -2.42. The van der Waals surface area contributed by atoms with Crippen LogP contribution in [0.1, 0.15) is 30.0 Å². The maximum Gasteiger partial charge on any atom is 0.264 e. The van der Waals surface area contributed by atoms with Gasteiger partial charge in [0.2, 0.25) is 5.91 Å². The van der Waals surface area contributed by atoms with Crippen molar-refractivity contribution in [3.63, 3.8) is 0 Å². The smallest absolute Gasteiger partial charge is 0.264 e. The van der Waals surface area contributed by atoms with Crippen molar-refractivity contribution >= 4 is 21.6 Å². The summed E-state index contributed by atoms with van der Waals surface area (Å²) in [5.74, 6) is 0.632. The predicted molar refractivity (Wildman–Crippen MR) is 142 cm³/mol. The summed E-state index contributed by atoms with van der Waals surface area (Å²) in [6.07, 6.45) is 2.10. The van der Waals surface area contributed by atoms with Gasteiger partial charge in [0.25, 0.3) is 10.0 Å². The van der Waals surface area contributed by atoms with Gasteiger partial charge in [0.05, 0.1) is 24.2 Å². The van der Waals surface area contributed by atoms with Gasteiger partial charge in [0.1, 0.15) is 24.7 Å². The lowest BCUT2D eigenvalue weighted by atomic mass is 10.1. The molecule has 0 atom stereocenters. The van der Waals surface area contributed by atoms with Gasteiger partial charge in [-0.2, -0.15) is 0 Å². The molecule has 0 saturated heterocycles. The van der Waals surface area contributed by atoms with Crippen LogP contribution in [0.3, 0.4) is 0 Å². The summed E-state index contributed by atoms with van der Waals surface area (Å²) in [6, 6.07) is 19.6. The van der Waals surface area contributed by atoms with Crippen LogP contribution in [0, 0.1) is 13.8 Å². The molecule has 0 radical (unpaired) electrons. The minimum absolute atomic E-state index is 0.0966. The summed E-state index contributed by atoms with van der Waals surface area (Å²) in [7, 11) is -2.57. The molecule has 0 heterocycles. The lowest BCUT2D eigenvalue weighted by Gasteiger charge is -2.26. The van der Waals surface area contributed by atoms with Gasteiger partial charge >= 0.3 is 0 Å². The summed E-state index contributed by atoms with van der Waals surface area (Å²) in [5.41, 5.74) is 3.33. The molecule has 0 aromatic heterocycles. The number of sulfonamides is 1. The molecule has 7 nitrogen and oxygen atoms in total. The van der Waals surface area contributed by atoms with Crippen LogP contribution in [0.4, 0.5) is 5.69 Å². The summed E-state index contributed by atoms with van der Waals surface area (Å²) >= 11 is 0. The predicted octanol–water partition coefficient (Wildman–Crippen LogP) is 4.66. The van der Waals surface area contributed by atoms with Gasteiger partial charge in [-0.3, -0.25) is 9.10 Å². The molecule has 0 unspecified atom stereocenters. The second kappa shape index (κ2) is 12.4. The third kappa shape index (κ3) is 7.01. The fourth-order valence-corrected chi connectivity index (χ4v) is 5.14. The molecule has 0 aliphatic heterocycles. The number of anilines is 1. The largest absolute Gasteiger partial charge is 0.495 e. The average molecular weight is 511 g/mol. The molecular weight excluding hydrogens is 476 g/mol. The Morgan fingerprint density at radius 2 is 1.61 bits per heavy atom. The van der Waals surface area contributed by atoms with Crippen LogP contribution in [0.2, 0.25) is 0 Å². The van der Waals surface area contributed by atoms with E-state index < -0.39 is 22.5 Å². The van der Waals surface area contributed by atoms with Crippen LogP contribution in [0.5, 0.6) is 11.5 Å². The van der Waals surface area contributed by atoms with E-state index in [1.165, 1.54) is 24.8 Å². The molecule has 0 aliphatic rings.